The summed E-state index contributed by atoms with van der Waals surface area (Å²) in [7, 11) is -2.77. The summed E-state index contributed by atoms with van der Waals surface area (Å²) in [5.74, 6) is -0.131. The lowest BCUT2D eigenvalue weighted by atomic mass is 10.2. The maximum Gasteiger partial charge on any atom is 0.339 e. The highest BCUT2D eigenvalue weighted by Crippen LogP contribution is 2.35. The number of halogens is 1. The highest BCUT2D eigenvalue weighted by molar-refractivity contribution is 14.1. The van der Waals surface area contributed by atoms with E-state index < -0.39 is 10.1 Å². The minimum atomic E-state index is -4.12. The number of rotatable bonds is 6. The van der Waals surface area contributed by atoms with Gasteiger partial charge >= 0.3 is 10.1 Å². The molecule has 1 amide bonds. The Bertz CT molecular complexity index is 909. The van der Waals surface area contributed by atoms with Gasteiger partial charge in [0, 0.05) is 18.2 Å². The number of hydrogen-bond donors (Lipinski definition) is 1. The van der Waals surface area contributed by atoms with Crippen LogP contribution < -0.4 is 14.2 Å². The van der Waals surface area contributed by atoms with Crippen LogP contribution in [0.2, 0.25) is 0 Å². The van der Waals surface area contributed by atoms with Gasteiger partial charge in [0.15, 0.2) is 11.5 Å². The third kappa shape index (κ3) is 4.69. The molecule has 2 aromatic carbocycles. The van der Waals surface area contributed by atoms with Crippen molar-refractivity contribution in [3.63, 3.8) is 0 Å². The molecule has 0 atom stereocenters. The Hall–Kier alpha value is -2.14. The SMILES string of the molecule is COc1cc(C=O)cc(I)c1OS(=O)(=O)c1ccc(NC(C)=O)cc1. The first-order chi connectivity index (χ1) is 11.8. The molecule has 0 unspecified atom stereocenters. The molecule has 0 bridgehead atoms. The van der Waals surface area contributed by atoms with Gasteiger partial charge in [-0.3, -0.25) is 9.59 Å². The standard InChI is InChI=1S/C16H14INO6S/c1-10(20)18-12-3-5-13(6-4-12)25(21,22)24-16-14(17)7-11(9-19)8-15(16)23-2/h3-9H,1-2H3,(H,18,20). The van der Waals surface area contributed by atoms with Gasteiger partial charge in [-0.1, -0.05) is 0 Å². The van der Waals surface area contributed by atoms with Crippen LogP contribution in [0.1, 0.15) is 17.3 Å². The smallest absolute Gasteiger partial charge is 0.339 e. The van der Waals surface area contributed by atoms with Crippen LogP contribution in [0.5, 0.6) is 11.5 Å². The molecule has 0 saturated carbocycles. The maximum absolute atomic E-state index is 12.5. The fourth-order valence-corrected chi connectivity index (χ4v) is 3.80. The van der Waals surface area contributed by atoms with Gasteiger partial charge in [-0.25, -0.2) is 0 Å². The number of methoxy groups -OCH3 is 1. The van der Waals surface area contributed by atoms with Gasteiger partial charge < -0.3 is 14.2 Å². The molecule has 0 aromatic heterocycles. The van der Waals surface area contributed by atoms with E-state index in [0.717, 1.165) is 0 Å². The average Bonchev–Trinajstić information content (AvgIpc) is 2.56. The zero-order valence-electron chi connectivity index (χ0n) is 13.3. The third-order valence-electron chi connectivity index (χ3n) is 3.04. The van der Waals surface area contributed by atoms with E-state index in [4.69, 9.17) is 8.92 Å². The molecule has 2 aromatic rings. The molecule has 0 fully saturated rings. The summed E-state index contributed by atoms with van der Waals surface area (Å²) in [6.45, 7) is 1.35. The Morgan fingerprint density at radius 1 is 1.20 bits per heavy atom. The van der Waals surface area contributed by atoms with Crippen molar-refractivity contribution in [2.45, 2.75) is 11.8 Å². The van der Waals surface area contributed by atoms with E-state index in [1.54, 1.807) is 0 Å². The number of anilines is 1. The van der Waals surface area contributed by atoms with Gasteiger partial charge in [0.25, 0.3) is 0 Å². The van der Waals surface area contributed by atoms with Crippen LogP contribution in [-0.4, -0.2) is 27.7 Å². The molecule has 25 heavy (non-hydrogen) atoms. The van der Waals surface area contributed by atoms with Gasteiger partial charge in [0.05, 0.1) is 10.7 Å². The van der Waals surface area contributed by atoms with Gasteiger partial charge in [-0.05, 0) is 59.0 Å². The molecule has 132 valence electrons. The van der Waals surface area contributed by atoms with E-state index >= 15 is 0 Å². The Morgan fingerprint density at radius 2 is 1.84 bits per heavy atom. The van der Waals surface area contributed by atoms with Crippen molar-refractivity contribution < 1.29 is 26.9 Å². The summed E-state index contributed by atoms with van der Waals surface area (Å²) in [4.78, 5) is 21.8. The minimum Gasteiger partial charge on any atom is -0.493 e. The van der Waals surface area contributed by atoms with E-state index in [9.17, 15) is 18.0 Å². The molecule has 1 N–H and O–H groups in total. The molecule has 0 spiro atoms. The highest BCUT2D eigenvalue weighted by Gasteiger charge is 2.22. The molecule has 0 aliphatic rings. The third-order valence-corrected chi connectivity index (χ3v) is 5.08. The fraction of sp³-hybridized carbons (Fsp3) is 0.125. The van der Waals surface area contributed by atoms with E-state index in [2.05, 4.69) is 5.32 Å². The van der Waals surface area contributed by atoms with Gasteiger partial charge in [0.1, 0.15) is 11.2 Å². The highest BCUT2D eigenvalue weighted by atomic mass is 127. The minimum absolute atomic E-state index is 0.000336. The zero-order chi connectivity index (χ0) is 18.6. The average molecular weight is 475 g/mol. The van der Waals surface area contributed by atoms with Crippen molar-refractivity contribution in [3.05, 3.63) is 45.5 Å². The van der Waals surface area contributed by atoms with E-state index in [1.807, 2.05) is 22.6 Å². The molecule has 7 nitrogen and oxygen atoms in total. The van der Waals surface area contributed by atoms with Crippen molar-refractivity contribution >= 4 is 50.6 Å². The van der Waals surface area contributed by atoms with Crippen LogP contribution in [0, 0.1) is 3.57 Å². The van der Waals surface area contributed by atoms with Crippen molar-refractivity contribution in [2.75, 3.05) is 12.4 Å². The summed E-state index contributed by atoms with van der Waals surface area (Å²) in [6.07, 6.45) is 0.629. The van der Waals surface area contributed by atoms with Crippen molar-refractivity contribution in [1.29, 1.82) is 0 Å². The molecule has 0 aliphatic carbocycles. The predicted octanol–water partition coefficient (Wildman–Crippen LogP) is 2.84. The molecule has 0 aliphatic heterocycles. The number of hydrogen-bond acceptors (Lipinski definition) is 6. The summed E-state index contributed by atoms with van der Waals surface area (Å²) >= 11 is 1.86. The first kappa shape index (κ1) is 19.2. The van der Waals surface area contributed by atoms with Crippen LogP contribution in [-0.2, 0) is 14.9 Å². The quantitative estimate of drug-likeness (QED) is 0.392. The number of aldehydes is 1. The van der Waals surface area contributed by atoms with Crippen LogP contribution in [0.15, 0.2) is 41.3 Å². The normalized spacial score (nSPS) is 10.8. The lowest BCUT2D eigenvalue weighted by molar-refractivity contribution is -0.114. The second-order valence-electron chi connectivity index (χ2n) is 4.89. The first-order valence-corrected chi connectivity index (χ1v) is 9.40. The number of benzene rings is 2. The van der Waals surface area contributed by atoms with Crippen molar-refractivity contribution in [1.82, 2.24) is 0 Å². The second-order valence-corrected chi connectivity index (χ2v) is 7.60. The maximum atomic E-state index is 12.5. The lowest BCUT2D eigenvalue weighted by Crippen LogP contribution is -2.12. The Morgan fingerprint density at radius 3 is 2.36 bits per heavy atom. The van der Waals surface area contributed by atoms with Gasteiger partial charge in [-0.15, -0.1) is 0 Å². The molecule has 2 rings (SSSR count). The molecule has 0 heterocycles. The summed E-state index contributed by atoms with van der Waals surface area (Å²) in [5, 5.41) is 2.54. The molecule has 0 saturated heterocycles. The van der Waals surface area contributed by atoms with Crippen molar-refractivity contribution in [2.24, 2.45) is 0 Å². The number of amides is 1. The van der Waals surface area contributed by atoms with Crippen LogP contribution in [0.3, 0.4) is 0 Å². The number of carbonyl (C=O) groups is 2. The number of carbonyl (C=O) groups excluding carboxylic acids is 2. The van der Waals surface area contributed by atoms with Gasteiger partial charge in [-0.2, -0.15) is 8.42 Å². The van der Waals surface area contributed by atoms with E-state index in [0.29, 0.717) is 21.1 Å². The topological polar surface area (TPSA) is 98.8 Å². The Kier molecular flexibility index (Phi) is 6.01. The first-order valence-electron chi connectivity index (χ1n) is 6.91. The predicted molar refractivity (Wildman–Crippen MR) is 99.7 cm³/mol. The zero-order valence-corrected chi connectivity index (χ0v) is 16.3. The monoisotopic (exact) mass is 475 g/mol. The van der Waals surface area contributed by atoms with Crippen LogP contribution >= 0.6 is 22.6 Å². The van der Waals surface area contributed by atoms with E-state index in [-0.39, 0.29) is 22.3 Å². The Labute approximate surface area is 158 Å². The van der Waals surface area contributed by atoms with Crippen LogP contribution in [0.4, 0.5) is 5.69 Å². The van der Waals surface area contributed by atoms with Crippen molar-refractivity contribution in [3.8, 4) is 11.5 Å². The molecular weight excluding hydrogens is 461 g/mol. The Balaban J connectivity index is 2.35. The summed E-state index contributed by atoms with van der Waals surface area (Å²) in [6, 6.07) is 8.42. The number of ether oxygens (including phenoxy) is 1. The van der Waals surface area contributed by atoms with E-state index in [1.165, 1.54) is 50.4 Å². The van der Waals surface area contributed by atoms with Gasteiger partial charge in [0.2, 0.25) is 5.91 Å². The molecule has 0 radical (unpaired) electrons. The summed E-state index contributed by atoms with van der Waals surface area (Å²) in [5.41, 5.74) is 0.805. The largest absolute Gasteiger partial charge is 0.493 e. The number of nitrogens with one attached hydrogen (secondary N) is 1. The second kappa shape index (κ2) is 7.83. The fourth-order valence-electron chi connectivity index (χ4n) is 1.95. The molecule has 9 heteroatoms. The lowest BCUT2D eigenvalue weighted by Gasteiger charge is -2.13. The van der Waals surface area contributed by atoms with Crippen LogP contribution in [0.25, 0.3) is 0 Å². The molecular formula is C16H14INO6S. The summed E-state index contributed by atoms with van der Waals surface area (Å²) < 4.78 is 35.7.